The lowest BCUT2D eigenvalue weighted by atomic mass is 10.2. The summed E-state index contributed by atoms with van der Waals surface area (Å²) < 4.78 is 27.1. The maximum atomic E-state index is 14.0. The molecule has 6 nitrogen and oxygen atoms in total. The topological polar surface area (TPSA) is 68.8 Å². The molecule has 1 atom stereocenters. The molecule has 1 unspecified atom stereocenters. The molecule has 3 rings (SSSR count). The summed E-state index contributed by atoms with van der Waals surface area (Å²) in [6, 6.07) is 13.3. The van der Waals surface area contributed by atoms with Crippen LogP contribution in [-0.2, 0) is 11.3 Å². The van der Waals surface area contributed by atoms with E-state index in [2.05, 4.69) is 20.9 Å². The average Bonchev–Trinajstić information content (AvgIpc) is 3.18. The highest BCUT2D eigenvalue weighted by Crippen LogP contribution is 2.24. The Kier molecular flexibility index (Phi) is 6.99. The smallest absolute Gasteiger partial charge is 0.239 e. The first-order valence-electron chi connectivity index (χ1n) is 9.53. The van der Waals surface area contributed by atoms with Crippen LogP contribution in [0, 0.1) is 11.6 Å². The lowest BCUT2D eigenvalue weighted by Gasteiger charge is -2.21. The van der Waals surface area contributed by atoms with Gasteiger partial charge in [0.25, 0.3) is 0 Å². The van der Waals surface area contributed by atoms with E-state index in [0.29, 0.717) is 31.3 Å². The van der Waals surface area contributed by atoms with E-state index in [1.54, 1.807) is 7.05 Å². The van der Waals surface area contributed by atoms with E-state index in [1.807, 2.05) is 35.2 Å². The second kappa shape index (κ2) is 9.86. The Bertz CT molecular complexity index is 859. The molecule has 1 aliphatic rings. The number of carbonyl (C=O) groups is 1. The van der Waals surface area contributed by atoms with Gasteiger partial charge < -0.3 is 20.9 Å². The van der Waals surface area contributed by atoms with Crippen LogP contribution >= 0.6 is 0 Å². The predicted molar refractivity (Wildman–Crippen MR) is 110 cm³/mol. The second-order valence-electron chi connectivity index (χ2n) is 6.86. The van der Waals surface area contributed by atoms with Gasteiger partial charge in [-0.2, -0.15) is 0 Å². The molecule has 8 heteroatoms. The lowest BCUT2D eigenvalue weighted by molar-refractivity contribution is -0.120. The summed E-state index contributed by atoms with van der Waals surface area (Å²) in [5.74, 6) is -0.789. The van der Waals surface area contributed by atoms with Crippen molar-refractivity contribution >= 4 is 17.6 Å². The maximum absolute atomic E-state index is 14.0. The van der Waals surface area contributed by atoms with Gasteiger partial charge in [-0.05, 0) is 24.1 Å². The summed E-state index contributed by atoms with van der Waals surface area (Å²) in [4.78, 5) is 18.0. The van der Waals surface area contributed by atoms with Gasteiger partial charge in [-0.15, -0.1) is 0 Å². The zero-order valence-corrected chi connectivity index (χ0v) is 16.3. The number of guanidine groups is 1. The zero-order valence-electron chi connectivity index (χ0n) is 16.3. The van der Waals surface area contributed by atoms with Crippen LogP contribution < -0.4 is 20.9 Å². The SMILES string of the molecule is CN=C(NCC(=O)NCc1ccccc1)NC1CCN(c2ccc(F)cc2F)C1. The summed E-state index contributed by atoms with van der Waals surface area (Å²) >= 11 is 0. The fraction of sp³-hybridized carbons (Fsp3) is 0.333. The molecule has 1 fully saturated rings. The second-order valence-corrected chi connectivity index (χ2v) is 6.86. The Hall–Kier alpha value is -3.16. The number of halogens is 2. The molecule has 1 heterocycles. The molecule has 0 aliphatic carbocycles. The monoisotopic (exact) mass is 401 g/mol. The van der Waals surface area contributed by atoms with E-state index in [1.165, 1.54) is 12.1 Å². The molecule has 0 saturated carbocycles. The van der Waals surface area contributed by atoms with Gasteiger partial charge in [0, 0.05) is 38.8 Å². The normalized spacial score (nSPS) is 16.6. The largest absolute Gasteiger partial charge is 0.367 e. The van der Waals surface area contributed by atoms with Crippen molar-refractivity contribution in [2.75, 3.05) is 31.6 Å². The number of hydrogen-bond acceptors (Lipinski definition) is 3. The van der Waals surface area contributed by atoms with Crippen LogP contribution in [0.3, 0.4) is 0 Å². The third kappa shape index (κ3) is 5.91. The summed E-state index contributed by atoms with van der Waals surface area (Å²) in [5.41, 5.74) is 1.42. The Morgan fingerprint density at radius 1 is 1.17 bits per heavy atom. The minimum atomic E-state index is -0.588. The fourth-order valence-corrected chi connectivity index (χ4v) is 3.25. The number of nitrogens with zero attached hydrogens (tertiary/aromatic N) is 2. The number of nitrogens with one attached hydrogen (secondary N) is 3. The third-order valence-electron chi connectivity index (χ3n) is 4.75. The van der Waals surface area contributed by atoms with Gasteiger partial charge in [0.1, 0.15) is 11.6 Å². The van der Waals surface area contributed by atoms with Crippen LogP contribution in [0.4, 0.5) is 14.5 Å². The van der Waals surface area contributed by atoms with Crippen molar-refractivity contribution in [3.63, 3.8) is 0 Å². The average molecular weight is 401 g/mol. The Labute approximate surface area is 169 Å². The Morgan fingerprint density at radius 2 is 1.97 bits per heavy atom. The summed E-state index contributed by atoms with van der Waals surface area (Å²) in [6.07, 6.45) is 0.776. The highest BCUT2D eigenvalue weighted by atomic mass is 19.1. The molecule has 0 radical (unpaired) electrons. The molecule has 1 aliphatic heterocycles. The summed E-state index contributed by atoms with van der Waals surface area (Å²) in [5, 5.41) is 9.08. The molecule has 29 heavy (non-hydrogen) atoms. The van der Waals surface area contributed by atoms with Gasteiger partial charge in [0.2, 0.25) is 5.91 Å². The van der Waals surface area contributed by atoms with Crippen LogP contribution in [0.1, 0.15) is 12.0 Å². The lowest BCUT2D eigenvalue weighted by Crippen LogP contribution is -2.47. The number of hydrogen-bond donors (Lipinski definition) is 3. The quantitative estimate of drug-likeness (QED) is 0.512. The van der Waals surface area contributed by atoms with Crippen LogP contribution in [0.25, 0.3) is 0 Å². The van der Waals surface area contributed by atoms with Crippen molar-refractivity contribution in [2.24, 2.45) is 4.99 Å². The van der Waals surface area contributed by atoms with Gasteiger partial charge in [0.15, 0.2) is 5.96 Å². The van der Waals surface area contributed by atoms with Crippen LogP contribution in [-0.4, -0.2) is 44.6 Å². The van der Waals surface area contributed by atoms with Crippen molar-refractivity contribution in [1.82, 2.24) is 16.0 Å². The van der Waals surface area contributed by atoms with Crippen LogP contribution in [0.5, 0.6) is 0 Å². The summed E-state index contributed by atoms with van der Waals surface area (Å²) in [7, 11) is 1.63. The molecule has 0 bridgehead atoms. The molecule has 1 saturated heterocycles. The number of benzene rings is 2. The molecule has 154 valence electrons. The maximum Gasteiger partial charge on any atom is 0.239 e. The van der Waals surface area contributed by atoms with E-state index in [-0.39, 0.29) is 18.5 Å². The van der Waals surface area contributed by atoms with Gasteiger partial charge in [-0.25, -0.2) is 8.78 Å². The molecule has 0 aromatic heterocycles. The minimum Gasteiger partial charge on any atom is -0.367 e. The molecular weight excluding hydrogens is 376 g/mol. The molecular formula is C21H25F2N5O. The number of carbonyl (C=O) groups excluding carboxylic acids is 1. The first kappa shape index (κ1) is 20.6. The minimum absolute atomic E-state index is 0.0398. The number of aliphatic imine (C=N–C) groups is 1. The molecule has 2 aromatic carbocycles. The number of rotatable bonds is 6. The first-order chi connectivity index (χ1) is 14.0. The Morgan fingerprint density at radius 3 is 2.69 bits per heavy atom. The predicted octanol–water partition coefficient (Wildman–Crippen LogP) is 2.02. The molecule has 0 spiro atoms. The fourth-order valence-electron chi connectivity index (χ4n) is 3.25. The van der Waals surface area contributed by atoms with Gasteiger partial charge in [0.05, 0.1) is 12.2 Å². The number of anilines is 1. The molecule has 3 N–H and O–H groups in total. The standard InChI is InChI=1S/C21H25F2N5O/c1-24-21(26-13-20(29)25-12-15-5-3-2-4-6-15)27-17-9-10-28(14-17)19-8-7-16(22)11-18(19)23/h2-8,11,17H,9-10,12-14H2,1H3,(H,25,29)(H2,24,26,27). The highest BCUT2D eigenvalue weighted by molar-refractivity contribution is 5.86. The van der Waals surface area contributed by atoms with E-state index < -0.39 is 11.6 Å². The van der Waals surface area contributed by atoms with Crippen molar-refractivity contribution in [3.05, 3.63) is 65.7 Å². The molecule has 2 aromatic rings. The third-order valence-corrected chi connectivity index (χ3v) is 4.75. The van der Waals surface area contributed by atoms with Crippen molar-refractivity contribution in [1.29, 1.82) is 0 Å². The highest BCUT2D eigenvalue weighted by Gasteiger charge is 2.25. The van der Waals surface area contributed by atoms with Crippen LogP contribution in [0.2, 0.25) is 0 Å². The van der Waals surface area contributed by atoms with E-state index in [0.717, 1.165) is 18.1 Å². The van der Waals surface area contributed by atoms with Crippen molar-refractivity contribution in [2.45, 2.75) is 19.0 Å². The van der Waals surface area contributed by atoms with E-state index in [4.69, 9.17) is 0 Å². The van der Waals surface area contributed by atoms with E-state index >= 15 is 0 Å². The Balaban J connectivity index is 1.43. The first-order valence-corrected chi connectivity index (χ1v) is 9.53. The van der Waals surface area contributed by atoms with Gasteiger partial charge >= 0.3 is 0 Å². The van der Waals surface area contributed by atoms with Crippen molar-refractivity contribution < 1.29 is 13.6 Å². The van der Waals surface area contributed by atoms with Crippen LogP contribution in [0.15, 0.2) is 53.5 Å². The zero-order chi connectivity index (χ0) is 20.6. The van der Waals surface area contributed by atoms with Gasteiger partial charge in [-0.1, -0.05) is 30.3 Å². The van der Waals surface area contributed by atoms with E-state index in [9.17, 15) is 13.6 Å². The molecule has 1 amide bonds. The van der Waals surface area contributed by atoms with Gasteiger partial charge in [-0.3, -0.25) is 9.79 Å². The van der Waals surface area contributed by atoms with Crippen molar-refractivity contribution in [3.8, 4) is 0 Å². The number of amides is 1. The summed E-state index contributed by atoms with van der Waals surface area (Å²) in [6.45, 7) is 1.77.